The van der Waals surface area contributed by atoms with Crippen LogP contribution in [0.3, 0.4) is 0 Å². The van der Waals surface area contributed by atoms with Crippen molar-refractivity contribution in [3.05, 3.63) is 0 Å². The van der Waals surface area contributed by atoms with Crippen LogP contribution in [0.2, 0.25) is 0 Å². The molecule has 1 aliphatic carbocycles. The largest absolute Gasteiger partial charge is 0.394 e. The summed E-state index contributed by atoms with van der Waals surface area (Å²) in [6, 6.07) is 0.0429. The predicted molar refractivity (Wildman–Crippen MR) is 68.9 cm³/mol. The van der Waals surface area contributed by atoms with Crippen LogP contribution in [0, 0.1) is 5.92 Å². The zero-order chi connectivity index (χ0) is 12.7. The molecule has 1 saturated carbocycles. The van der Waals surface area contributed by atoms with Gasteiger partial charge in [-0.2, -0.15) is 0 Å². The lowest BCUT2D eigenvalue weighted by Crippen LogP contribution is -2.47. The number of aliphatic hydroxyl groups excluding tert-OH is 1. The third kappa shape index (κ3) is 5.39. The molecule has 3 atom stereocenters. The molecule has 0 heterocycles. The summed E-state index contributed by atoms with van der Waals surface area (Å²) in [7, 11) is 0. The van der Waals surface area contributed by atoms with E-state index in [-0.39, 0.29) is 18.7 Å². The molecule has 0 aromatic rings. The second-order valence-corrected chi connectivity index (χ2v) is 5.22. The lowest BCUT2D eigenvalue weighted by molar-refractivity contribution is 0.211. The second kappa shape index (κ2) is 7.54. The Morgan fingerprint density at radius 2 is 2.12 bits per heavy atom. The van der Waals surface area contributed by atoms with Gasteiger partial charge in [-0.1, -0.05) is 26.7 Å². The Labute approximate surface area is 104 Å². The Bertz CT molecular complexity index is 229. The summed E-state index contributed by atoms with van der Waals surface area (Å²) in [4.78, 5) is 11.7. The lowest BCUT2D eigenvalue weighted by atomic mass is 10.0. The minimum Gasteiger partial charge on any atom is -0.394 e. The van der Waals surface area contributed by atoms with Gasteiger partial charge >= 0.3 is 6.03 Å². The highest BCUT2D eigenvalue weighted by atomic mass is 16.3. The van der Waals surface area contributed by atoms with Crippen LogP contribution in [0.15, 0.2) is 0 Å². The molecule has 0 unspecified atom stereocenters. The molecule has 0 spiro atoms. The van der Waals surface area contributed by atoms with Crippen LogP contribution in [-0.4, -0.2) is 29.8 Å². The Hall–Kier alpha value is -0.770. The maximum atomic E-state index is 11.7. The summed E-state index contributed by atoms with van der Waals surface area (Å²) in [5, 5.41) is 14.8. The number of amides is 2. The van der Waals surface area contributed by atoms with Gasteiger partial charge in [-0.3, -0.25) is 0 Å². The van der Waals surface area contributed by atoms with Crippen LogP contribution in [0.5, 0.6) is 0 Å². The first-order valence-electron chi connectivity index (χ1n) is 6.83. The van der Waals surface area contributed by atoms with Crippen molar-refractivity contribution in [2.75, 3.05) is 6.61 Å². The molecule has 4 nitrogen and oxygen atoms in total. The molecule has 17 heavy (non-hydrogen) atoms. The molecule has 0 aromatic carbocycles. The Balaban J connectivity index is 2.29. The molecule has 1 rings (SSSR count). The van der Waals surface area contributed by atoms with E-state index in [0.717, 1.165) is 25.2 Å². The number of nitrogens with one attached hydrogen (secondary N) is 2. The summed E-state index contributed by atoms with van der Waals surface area (Å²) in [6.07, 6.45) is 6.57. The second-order valence-electron chi connectivity index (χ2n) is 5.22. The van der Waals surface area contributed by atoms with Crippen LogP contribution < -0.4 is 10.6 Å². The fourth-order valence-electron chi connectivity index (χ4n) is 2.32. The van der Waals surface area contributed by atoms with E-state index >= 15 is 0 Å². The smallest absolute Gasteiger partial charge is 0.315 e. The van der Waals surface area contributed by atoms with Crippen molar-refractivity contribution < 1.29 is 9.90 Å². The minimum atomic E-state index is -0.134. The molecule has 0 aliphatic heterocycles. The van der Waals surface area contributed by atoms with Gasteiger partial charge in [0.1, 0.15) is 0 Å². The SMILES string of the molecule is CC[C@H](CO)NC(=O)N[C@H]1CCC[C@H](C)CC1. The van der Waals surface area contributed by atoms with E-state index in [1.807, 2.05) is 6.92 Å². The summed E-state index contributed by atoms with van der Waals surface area (Å²) in [5.41, 5.74) is 0. The third-order valence-electron chi connectivity index (χ3n) is 3.64. The molecule has 2 amide bonds. The Kier molecular flexibility index (Phi) is 6.34. The van der Waals surface area contributed by atoms with Gasteiger partial charge in [-0.05, 0) is 31.6 Å². The molecule has 0 aromatic heterocycles. The standard InChI is InChI=1S/C13H26N2O2/c1-3-11(9-16)14-13(17)15-12-6-4-5-10(2)7-8-12/h10-12,16H,3-9H2,1-2H3,(H2,14,15,17)/t10-,11+,12-/m0/s1. The number of carbonyl (C=O) groups is 1. The van der Waals surface area contributed by atoms with Crippen LogP contribution >= 0.6 is 0 Å². The molecule has 100 valence electrons. The van der Waals surface area contributed by atoms with E-state index in [9.17, 15) is 4.79 Å². The average Bonchev–Trinajstić information content (AvgIpc) is 2.51. The van der Waals surface area contributed by atoms with Gasteiger partial charge in [-0.25, -0.2) is 4.79 Å². The number of carbonyl (C=O) groups excluding carboxylic acids is 1. The Morgan fingerprint density at radius 1 is 1.35 bits per heavy atom. The molecule has 1 fully saturated rings. The number of aliphatic hydroxyl groups is 1. The maximum absolute atomic E-state index is 11.7. The zero-order valence-corrected chi connectivity index (χ0v) is 11.0. The normalized spacial score (nSPS) is 27.0. The first-order valence-corrected chi connectivity index (χ1v) is 6.83. The van der Waals surface area contributed by atoms with Crippen molar-refractivity contribution in [1.82, 2.24) is 10.6 Å². The van der Waals surface area contributed by atoms with Crippen molar-refractivity contribution >= 4 is 6.03 Å². The fraction of sp³-hybridized carbons (Fsp3) is 0.923. The van der Waals surface area contributed by atoms with Gasteiger partial charge in [0, 0.05) is 6.04 Å². The van der Waals surface area contributed by atoms with Crippen molar-refractivity contribution in [2.24, 2.45) is 5.92 Å². The van der Waals surface area contributed by atoms with Crippen LogP contribution in [0.1, 0.15) is 52.4 Å². The number of hydrogen-bond acceptors (Lipinski definition) is 2. The van der Waals surface area contributed by atoms with Crippen LogP contribution in [-0.2, 0) is 0 Å². The number of urea groups is 1. The Morgan fingerprint density at radius 3 is 2.76 bits per heavy atom. The molecule has 0 bridgehead atoms. The highest BCUT2D eigenvalue weighted by Gasteiger charge is 2.18. The number of hydrogen-bond donors (Lipinski definition) is 3. The van der Waals surface area contributed by atoms with Gasteiger partial charge in [-0.15, -0.1) is 0 Å². The highest BCUT2D eigenvalue weighted by molar-refractivity contribution is 5.74. The third-order valence-corrected chi connectivity index (χ3v) is 3.64. The van der Waals surface area contributed by atoms with Gasteiger partial charge in [0.2, 0.25) is 0 Å². The molecule has 4 heteroatoms. The molecule has 1 aliphatic rings. The van der Waals surface area contributed by atoms with Gasteiger partial charge < -0.3 is 15.7 Å². The predicted octanol–water partition coefficient (Wildman–Crippen LogP) is 2.03. The first kappa shape index (κ1) is 14.3. The summed E-state index contributed by atoms with van der Waals surface area (Å²) >= 11 is 0. The fourth-order valence-corrected chi connectivity index (χ4v) is 2.32. The van der Waals surface area contributed by atoms with E-state index in [0.29, 0.717) is 6.04 Å². The molecule has 3 N–H and O–H groups in total. The molecule has 0 saturated heterocycles. The zero-order valence-electron chi connectivity index (χ0n) is 11.0. The first-order chi connectivity index (χ1) is 8.15. The van der Waals surface area contributed by atoms with Crippen LogP contribution in [0.4, 0.5) is 4.79 Å². The maximum Gasteiger partial charge on any atom is 0.315 e. The summed E-state index contributed by atoms with van der Waals surface area (Å²) in [6.45, 7) is 4.24. The highest BCUT2D eigenvalue weighted by Crippen LogP contribution is 2.22. The topological polar surface area (TPSA) is 61.4 Å². The van der Waals surface area contributed by atoms with Crippen molar-refractivity contribution in [3.8, 4) is 0 Å². The van der Waals surface area contributed by atoms with Crippen molar-refractivity contribution in [3.63, 3.8) is 0 Å². The molecular formula is C13H26N2O2. The van der Waals surface area contributed by atoms with E-state index in [2.05, 4.69) is 17.6 Å². The van der Waals surface area contributed by atoms with Gasteiger partial charge in [0.15, 0.2) is 0 Å². The van der Waals surface area contributed by atoms with Crippen molar-refractivity contribution in [2.45, 2.75) is 64.5 Å². The molecule has 0 radical (unpaired) electrons. The van der Waals surface area contributed by atoms with Crippen molar-refractivity contribution in [1.29, 1.82) is 0 Å². The van der Waals surface area contributed by atoms with Gasteiger partial charge in [0.25, 0.3) is 0 Å². The van der Waals surface area contributed by atoms with Crippen LogP contribution in [0.25, 0.3) is 0 Å². The average molecular weight is 242 g/mol. The van der Waals surface area contributed by atoms with E-state index in [1.165, 1.54) is 19.3 Å². The summed E-state index contributed by atoms with van der Waals surface area (Å²) in [5.74, 6) is 0.783. The molecular weight excluding hydrogens is 216 g/mol. The minimum absolute atomic E-state index is 0.00558. The van der Waals surface area contributed by atoms with E-state index < -0.39 is 0 Å². The van der Waals surface area contributed by atoms with Gasteiger partial charge in [0.05, 0.1) is 12.6 Å². The van der Waals surface area contributed by atoms with E-state index in [4.69, 9.17) is 5.11 Å². The van der Waals surface area contributed by atoms with E-state index in [1.54, 1.807) is 0 Å². The quantitative estimate of drug-likeness (QED) is 0.661. The monoisotopic (exact) mass is 242 g/mol. The lowest BCUT2D eigenvalue weighted by Gasteiger charge is -2.20. The summed E-state index contributed by atoms with van der Waals surface area (Å²) < 4.78 is 0. The number of rotatable bonds is 4.